The monoisotopic (exact) mass is 288 g/mol. The Balaban J connectivity index is 2.27. The summed E-state index contributed by atoms with van der Waals surface area (Å²) in [5.41, 5.74) is 0. The van der Waals surface area contributed by atoms with E-state index in [2.05, 4.69) is 0 Å². The molecule has 0 radical (unpaired) electrons. The highest BCUT2D eigenvalue weighted by atomic mass is 32.2. The molecule has 1 aromatic heterocycles. The van der Waals surface area contributed by atoms with Crippen LogP contribution in [0.25, 0.3) is 0 Å². The third-order valence-corrected chi connectivity index (χ3v) is 4.53. The van der Waals surface area contributed by atoms with Crippen LogP contribution in [0.5, 0.6) is 0 Å². The molecule has 1 aliphatic rings. The number of carboxylic acids is 1. The number of carbonyl (C=O) groups excluding carboxylic acids is 1. The van der Waals surface area contributed by atoms with E-state index in [1.807, 2.05) is 0 Å². The predicted molar refractivity (Wildman–Crippen MR) is 62.1 cm³/mol. The van der Waals surface area contributed by atoms with E-state index in [1.54, 1.807) is 7.05 Å². The molecule has 0 bridgehead atoms. The molecule has 19 heavy (non-hydrogen) atoms. The van der Waals surface area contributed by atoms with Crippen LogP contribution in [0.4, 0.5) is 0 Å². The van der Waals surface area contributed by atoms with E-state index in [0.717, 1.165) is 16.4 Å². The van der Waals surface area contributed by atoms with Gasteiger partial charge in [-0.3, -0.25) is 4.79 Å². The number of amides is 1. The average molecular weight is 288 g/mol. The second-order valence-electron chi connectivity index (χ2n) is 4.08. The molecule has 8 nitrogen and oxygen atoms in total. The zero-order chi connectivity index (χ0) is 14.2. The Morgan fingerprint density at radius 3 is 2.58 bits per heavy atom. The van der Waals surface area contributed by atoms with Gasteiger partial charge in [0.05, 0.1) is 6.54 Å². The van der Waals surface area contributed by atoms with Crippen molar-refractivity contribution in [2.24, 2.45) is 0 Å². The fourth-order valence-electron chi connectivity index (χ4n) is 1.64. The van der Waals surface area contributed by atoms with Gasteiger partial charge in [0.1, 0.15) is 0 Å². The number of hydrogen-bond donors (Lipinski definition) is 1. The van der Waals surface area contributed by atoms with Crippen LogP contribution in [-0.2, 0) is 14.8 Å². The number of rotatable bonds is 3. The van der Waals surface area contributed by atoms with Crippen LogP contribution >= 0.6 is 0 Å². The number of hydrogen-bond acceptors (Lipinski definition) is 5. The molecule has 0 aromatic carbocycles. The zero-order valence-corrected chi connectivity index (χ0v) is 10.9. The molecule has 0 saturated carbocycles. The van der Waals surface area contributed by atoms with E-state index in [1.165, 1.54) is 4.90 Å². The molecule has 2 rings (SSSR count). The summed E-state index contributed by atoms with van der Waals surface area (Å²) in [6.45, 7) is 0.153. The van der Waals surface area contributed by atoms with E-state index in [0.29, 0.717) is 0 Å². The number of furan rings is 1. The summed E-state index contributed by atoms with van der Waals surface area (Å²) in [7, 11) is -2.39. The molecule has 1 aromatic rings. The molecule has 1 aliphatic heterocycles. The predicted octanol–water partition coefficient (Wildman–Crippen LogP) is -0.560. The summed E-state index contributed by atoms with van der Waals surface area (Å²) in [5, 5.41) is 8.22. The van der Waals surface area contributed by atoms with Crippen molar-refractivity contribution in [3.05, 3.63) is 17.9 Å². The molecule has 0 aliphatic carbocycles. The quantitative estimate of drug-likeness (QED) is 0.798. The SMILES string of the molecule is CN1CCN(S(=O)(=O)c2ccc(C(=O)O)o2)CC1=O. The lowest BCUT2D eigenvalue weighted by Crippen LogP contribution is -2.50. The maximum atomic E-state index is 12.1. The number of aromatic carboxylic acids is 1. The van der Waals surface area contributed by atoms with E-state index >= 15 is 0 Å². The summed E-state index contributed by atoms with van der Waals surface area (Å²) in [4.78, 5) is 23.6. The van der Waals surface area contributed by atoms with E-state index in [9.17, 15) is 18.0 Å². The fraction of sp³-hybridized carbons (Fsp3) is 0.400. The Kier molecular flexibility index (Phi) is 3.33. The van der Waals surface area contributed by atoms with Crippen molar-refractivity contribution in [1.29, 1.82) is 0 Å². The summed E-state index contributed by atoms with van der Waals surface area (Å²) >= 11 is 0. The molecule has 1 N–H and O–H groups in total. The lowest BCUT2D eigenvalue weighted by molar-refractivity contribution is -0.132. The summed E-state index contributed by atoms with van der Waals surface area (Å²) in [6.07, 6.45) is 0. The van der Waals surface area contributed by atoms with Gasteiger partial charge in [-0.15, -0.1) is 0 Å². The van der Waals surface area contributed by atoms with Crippen molar-refractivity contribution in [1.82, 2.24) is 9.21 Å². The van der Waals surface area contributed by atoms with Crippen LogP contribution in [0.2, 0.25) is 0 Å². The molecule has 9 heteroatoms. The topological polar surface area (TPSA) is 108 Å². The number of nitrogens with zero attached hydrogens (tertiary/aromatic N) is 2. The maximum absolute atomic E-state index is 12.1. The third-order valence-electron chi connectivity index (χ3n) is 2.81. The maximum Gasteiger partial charge on any atom is 0.371 e. The van der Waals surface area contributed by atoms with E-state index < -0.39 is 26.8 Å². The van der Waals surface area contributed by atoms with E-state index in [4.69, 9.17) is 9.52 Å². The largest absolute Gasteiger partial charge is 0.475 e. The van der Waals surface area contributed by atoms with Gasteiger partial charge in [0, 0.05) is 20.1 Å². The van der Waals surface area contributed by atoms with Crippen LogP contribution in [0.1, 0.15) is 10.6 Å². The first-order chi connectivity index (χ1) is 8.82. The highest BCUT2D eigenvalue weighted by Crippen LogP contribution is 2.20. The van der Waals surface area contributed by atoms with Gasteiger partial charge in [0.15, 0.2) is 0 Å². The zero-order valence-electron chi connectivity index (χ0n) is 10.1. The van der Waals surface area contributed by atoms with Gasteiger partial charge in [0.2, 0.25) is 16.8 Å². The van der Waals surface area contributed by atoms with E-state index in [-0.39, 0.29) is 25.5 Å². The minimum atomic E-state index is -3.98. The van der Waals surface area contributed by atoms with Crippen molar-refractivity contribution < 1.29 is 27.5 Å². The Morgan fingerprint density at radius 2 is 2.05 bits per heavy atom. The van der Waals surface area contributed by atoms with Crippen LogP contribution in [0, 0.1) is 0 Å². The van der Waals surface area contributed by atoms with Crippen LogP contribution < -0.4 is 0 Å². The van der Waals surface area contributed by atoms with Crippen molar-refractivity contribution in [2.75, 3.05) is 26.7 Å². The first-order valence-corrected chi connectivity index (χ1v) is 6.83. The molecular formula is C10H12N2O6S. The summed E-state index contributed by atoms with van der Waals surface area (Å²) < 4.78 is 30.0. The van der Waals surface area contributed by atoms with Crippen molar-refractivity contribution in [2.45, 2.75) is 5.09 Å². The third kappa shape index (κ3) is 2.47. The summed E-state index contributed by atoms with van der Waals surface area (Å²) in [6, 6.07) is 2.13. The van der Waals surface area contributed by atoms with Crippen molar-refractivity contribution in [3.63, 3.8) is 0 Å². The Bertz CT molecular complexity index is 620. The Hall–Kier alpha value is -1.87. The number of likely N-dealkylation sites (N-methyl/N-ethyl adjacent to an activating group) is 1. The Labute approximate surface area is 109 Å². The number of piperazine rings is 1. The first-order valence-electron chi connectivity index (χ1n) is 5.39. The fourth-order valence-corrected chi connectivity index (χ4v) is 2.93. The van der Waals surface area contributed by atoms with Gasteiger partial charge in [-0.1, -0.05) is 0 Å². The number of carbonyl (C=O) groups is 2. The molecule has 0 spiro atoms. The smallest absolute Gasteiger partial charge is 0.371 e. The molecule has 0 unspecified atom stereocenters. The van der Waals surface area contributed by atoms with Gasteiger partial charge < -0.3 is 14.4 Å². The standard InChI is InChI=1S/C10H12N2O6S/c1-11-4-5-12(6-8(11)13)19(16,17)9-3-2-7(18-9)10(14)15/h2-3H,4-6H2,1H3,(H,14,15). The van der Waals surface area contributed by atoms with Gasteiger partial charge >= 0.3 is 5.97 Å². The van der Waals surface area contributed by atoms with Crippen LogP contribution in [0.15, 0.2) is 21.6 Å². The molecular weight excluding hydrogens is 276 g/mol. The normalized spacial score (nSPS) is 17.7. The molecule has 1 saturated heterocycles. The second kappa shape index (κ2) is 4.67. The molecule has 1 amide bonds. The minimum absolute atomic E-state index is 0.147. The van der Waals surface area contributed by atoms with Gasteiger partial charge in [-0.05, 0) is 12.1 Å². The van der Waals surface area contributed by atoms with Crippen molar-refractivity contribution >= 4 is 21.9 Å². The highest BCUT2D eigenvalue weighted by molar-refractivity contribution is 7.89. The van der Waals surface area contributed by atoms with Gasteiger partial charge in [-0.25, -0.2) is 13.2 Å². The van der Waals surface area contributed by atoms with Gasteiger partial charge in [0.25, 0.3) is 10.0 Å². The second-order valence-corrected chi connectivity index (χ2v) is 5.95. The van der Waals surface area contributed by atoms with Crippen LogP contribution in [0.3, 0.4) is 0 Å². The molecule has 0 atom stereocenters. The van der Waals surface area contributed by atoms with Crippen LogP contribution in [-0.4, -0.2) is 61.3 Å². The molecule has 104 valence electrons. The van der Waals surface area contributed by atoms with Gasteiger partial charge in [-0.2, -0.15) is 4.31 Å². The average Bonchev–Trinajstić information content (AvgIpc) is 2.82. The number of carboxylic acid groups (broad SMARTS) is 1. The first kappa shape index (κ1) is 13.6. The Morgan fingerprint density at radius 1 is 1.37 bits per heavy atom. The van der Waals surface area contributed by atoms with Crippen molar-refractivity contribution in [3.8, 4) is 0 Å². The lowest BCUT2D eigenvalue weighted by atomic mass is 10.4. The number of sulfonamides is 1. The summed E-state index contributed by atoms with van der Waals surface area (Å²) in [5.74, 6) is -2.13. The highest BCUT2D eigenvalue weighted by Gasteiger charge is 2.33. The lowest BCUT2D eigenvalue weighted by Gasteiger charge is -2.30. The molecule has 2 heterocycles. The molecule has 1 fully saturated rings. The minimum Gasteiger partial charge on any atom is -0.475 e.